The first kappa shape index (κ1) is 18.2. The first-order valence-electron chi connectivity index (χ1n) is 7.47. The normalized spacial score (nSPS) is 14.5. The molecule has 5 heteroatoms. The molecule has 3 nitrogen and oxygen atoms in total. The van der Waals surface area contributed by atoms with Crippen molar-refractivity contribution in [1.29, 1.82) is 0 Å². The molecule has 1 saturated carbocycles. The number of guanidine groups is 1. The van der Waals surface area contributed by atoms with E-state index >= 15 is 0 Å². The molecule has 1 aromatic rings. The van der Waals surface area contributed by atoms with Gasteiger partial charge in [-0.2, -0.15) is 0 Å². The van der Waals surface area contributed by atoms with Crippen LogP contribution in [-0.4, -0.2) is 26.1 Å². The van der Waals surface area contributed by atoms with Crippen LogP contribution >= 0.6 is 24.0 Å². The Morgan fingerprint density at radius 3 is 2.62 bits per heavy atom. The summed E-state index contributed by atoms with van der Waals surface area (Å²) in [4.78, 5) is 4.17. The summed E-state index contributed by atoms with van der Waals surface area (Å²) in [5.41, 5.74) is 0.740. The molecule has 0 spiro atoms. The Morgan fingerprint density at radius 1 is 1.24 bits per heavy atom. The predicted molar refractivity (Wildman–Crippen MR) is 96.8 cm³/mol. The minimum Gasteiger partial charge on any atom is -0.356 e. The van der Waals surface area contributed by atoms with E-state index in [4.69, 9.17) is 0 Å². The summed E-state index contributed by atoms with van der Waals surface area (Å²) in [6, 6.07) is 6.90. The van der Waals surface area contributed by atoms with E-state index in [9.17, 15) is 4.39 Å². The number of nitrogens with zero attached hydrogens (tertiary/aromatic N) is 1. The summed E-state index contributed by atoms with van der Waals surface area (Å²) < 4.78 is 13.5. The summed E-state index contributed by atoms with van der Waals surface area (Å²) in [7, 11) is 1.76. The van der Waals surface area contributed by atoms with Gasteiger partial charge in [-0.1, -0.05) is 31.0 Å². The van der Waals surface area contributed by atoms with Gasteiger partial charge >= 0.3 is 0 Å². The van der Waals surface area contributed by atoms with Crippen LogP contribution in [0.25, 0.3) is 0 Å². The van der Waals surface area contributed by atoms with Gasteiger partial charge in [-0.15, -0.1) is 24.0 Å². The Balaban J connectivity index is 0.00000220. The summed E-state index contributed by atoms with van der Waals surface area (Å²) in [6.07, 6.45) is 6.00. The zero-order valence-corrected chi connectivity index (χ0v) is 14.9. The van der Waals surface area contributed by atoms with Crippen molar-refractivity contribution in [2.75, 3.05) is 20.1 Å². The maximum atomic E-state index is 13.5. The third kappa shape index (κ3) is 7.11. The summed E-state index contributed by atoms with van der Waals surface area (Å²) >= 11 is 0. The highest BCUT2D eigenvalue weighted by molar-refractivity contribution is 14.0. The van der Waals surface area contributed by atoms with Crippen molar-refractivity contribution < 1.29 is 4.39 Å². The Kier molecular flexibility index (Phi) is 8.64. The number of hydrogen-bond acceptors (Lipinski definition) is 1. The maximum Gasteiger partial charge on any atom is 0.190 e. The zero-order valence-electron chi connectivity index (χ0n) is 12.6. The van der Waals surface area contributed by atoms with Gasteiger partial charge in [0.25, 0.3) is 0 Å². The highest BCUT2D eigenvalue weighted by atomic mass is 127. The van der Waals surface area contributed by atoms with Gasteiger partial charge in [-0.25, -0.2) is 4.39 Å². The van der Waals surface area contributed by atoms with E-state index in [1.165, 1.54) is 31.7 Å². The average molecular weight is 405 g/mol. The van der Waals surface area contributed by atoms with Gasteiger partial charge in [-0.05, 0) is 36.8 Å². The van der Waals surface area contributed by atoms with Crippen LogP contribution in [-0.2, 0) is 6.42 Å². The Morgan fingerprint density at radius 2 is 1.95 bits per heavy atom. The number of nitrogens with one attached hydrogen (secondary N) is 2. The Bertz CT molecular complexity index is 447. The Labute approximate surface area is 143 Å². The highest BCUT2D eigenvalue weighted by Gasteiger charge is 2.19. The molecule has 21 heavy (non-hydrogen) atoms. The molecule has 2 N–H and O–H groups in total. The minimum absolute atomic E-state index is 0. The quantitative estimate of drug-likeness (QED) is 0.316. The number of halogens is 2. The van der Waals surface area contributed by atoms with Crippen molar-refractivity contribution in [2.45, 2.75) is 32.1 Å². The summed E-state index contributed by atoms with van der Waals surface area (Å²) in [6.45, 7) is 1.64. The zero-order chi connectivity index (χ0) is 14.2. The fourth-order valence-corrected chi connectivity index (χ4v) is 2.24. The predicted octanol–water partition coefficient (Wildman–Crippen LogP) is 3.34. The largest absolute Gasteiger partial charge is 0.356 e. The van der Waals surface area contributed by atoms with Crippen LogP contribution < -0.4 is 10.6 Å². The molecule has 1 aromatic carbocycles. The molecular formula is C16H25FIN3. The monoisotopic (exact) mass is 405 g/mol. The Hall–Kier alpha value is -0.850. The molecule has 1 aliphatic rings. The molecule has 118 valence electrons. The van der Waals surface area contributed by atoms with Crippen LogP contribution in [0.15, 0.2) is 29.3 Å². The van der Waals surface area contributed by atoms with Crippen LogP contribution in [0.5, 0.6) is 0 Å². The molecule has 0 heterocycles. The molecule has 2 rings (SSSR count). The molecule has 0 bridgehead atoms. The van der Waals surface area contributed by atoms with Crippen LogP contribution in [0.4, 0.5) is 4.39 Å². The average Bonchev–Trinajstić information content (AvgIpc) is 3.27. The van der Waals surface area contributed by atoms with E-state index in [0.717, 1.165) is 24.0 Å². The molecule has 0 aliphatic heterocycles. The number of hydrogen-bond donors (Lipinski definition) is 2. The van der Waals surface area contributed by atoms with Gasteiger partial charge in [0, 0.05) is 20.1 Å². The van der Waals surface area contributed by atoms with Crippen LogP contribution in [0.2, 0.25) is 0 Å². The van der Waals surface area contributed by atoms with E-state index in [-0.39, 0.29) is 29.8 Å². The number of aliphatic imine (C=N–C) groups is 1. The molecular weight excluding hydrogens is 380 g/mol. The second kappa shape index (κ2) is 9.97. The van der Waals surface area contributed by atoms with Gasteiger partial charge in [0.15, 0.2) is 5.96 Å². The van der Waals surface area contributed by atoms with Gasteiger partial charge in [0.1, 0.15) is 5.82 Å². The molecule has 1 aliphatic carbocycles. The second-order valence-electron chi connectivity index (χ2n) is 5.35. The highest BCUT2D eigenvalue weighted by Crippen LogP contribution is 2.33. The smallest absolute Gasteiger partial charge is 0.190 e. The fourth-order valence-electron chi connectivity index (χ4n) is 2.24. The van der Waals surface area contributed by atoms with E-state index < -0.39 is 0 Å². The van der Waals surface area contributed by atoms with Crippen LogP contribution in [0.3, 0.4) is 0 Å². The van der Waals surface area contributed by atoms with Gasteiger partial charge in [0.05, 0.1) is 0 Å². The van der Waals surface area contributed by atoms with Crippen molar-refractivity contribution in [2.24, 2.45) is 10.9 Å². The third-order valence-corrected chi connectivity index (χ3v) is 3.65. The first-order chi connectivity index (χ1) is 9.79. The third-order valence-electron chi connectivity index (χ3n) is 3.65. The molecule has 0 radical (unpaired) electrons. The topological polar surface area (TPSA) is 36.4 Å². The lowest BCUT2D eigenvalue weighted by atomic mass is 10.1. The van der Waals surface area contributed by atoms with Gasteiger partial charge in [0.2, 0.25) is 0 Å². The SMILES string of the molecule is CN=C(NCCCC1CC1)NCCc1ccccc1F.I. The van der Waals surface area contributed by atoms with Crippen molar-refractivity contribution in [3.63, 3.8) is 0 Å². The van der Waals surface area contributed by atoms with Crippen molar-refractivity contribution in [3.8, 4) is 0 Å². The second-order valence-corrected chi connectivity index (χ2v) is 5.35. The number of rotatable bonds is 7. The van der Waals surface area contributed by atoms with E-state index in [1.807, 2.05) is 12.1 Å². The lowest BCUT2D eigenvalue weighted by Crippen LogP contribution is -2.38. The van der Waals surface area contributed by atoms with Crippen LogP contribution in [0.1, 0.15) is 31.2 Å². The summed E-state index contributed by atoms with van der Waals surface area (Å²) in [5, 5.41) is 6.52. The van der Waals surface area contributed by atoms with E-state index in [0.29, 0.717) is 13.0 Å². The summed E-state index contributed by atoms with van der Waals surface area (Å²) in [5.74, 6) is 1.65. The fraction of sp³-hybridized carbons (Fsp3) is 0.562. The first-order valence-corrected chi connectivity index (χ1v) is 7.47. The lowest BCUT2D eigenvalue weighted by Gasteiger charge is -2.12. The van der Waals surface area contributed by atoms with E-state index in [1.54, 1.807) is 13.1 Å². The molecule has 1 fully saturated rings. The van der Waals surface area contributed by atoms with Crippen LogP contribution in [0, 0.1) is 11.7 Å². The van der Waals surface area contributed by atoms with Gasteiger partial charge < -0.3 is 10.6 Å². The van der Waals surface area contributed by atoms with Gasteiger partial charge in [-0.3, -0.25) is 4.99 Å². The van der Waals surface area contributed by atoms with Crippen molar-refractivity contribution in [3.05, 3.63) is 35.6 Å². The van der Waals surface area contributed by atoms with E-state index in [2.05, 4.69) is 15.6 Å². The molecule has 0 saturated heterocycles. The van der Waals surface area contributed by atoms with Crippen molar-refractivity contribution in [1.82, 2.24) is 10.6 Å². The molecule has 0 amide bonds. The molecule has 0 unspecified atom stereocenters. The lowest BCUT2D eigenvalue weighted by molar-refractivity contribution is 0.606. The maximum absolute atomic E-state index is 13.5. The number of benzene rings is 1. The minimum atomic E-state index is -0.137. The van der Waals surface area contributed by atoms with Crippen molar-refractivity contribution >= 4 is 29.9 Å². The molecule has 0 aromatic heterocycles. The molecule has 0 atom stereocenters. The standard InChI is InChI=1S/C16H24FN3.HI/c1-18-16(19-11-4-5-13-8-9-13)20-12-10-14-6-2-3-7-15(14)17;/h2-3,6-7,13H,4-5,8-12H2,1H3,(H2,18,19,20);1H.